The molecule has 35 heavy (non-hydrogen) atoms. The summed E-state index contributed by atoms with van der Waals surface area (Å²) in [6.07, 6.45) is 14.1. The van der Waals surface area contributed by atoms with Gasteiger partial charge in [-0.3, -0.25) is 19.9 Å². The highest BCUT2D eigenvalue weighted by molar-refractivity contribution is 6.07. The first-order valence-electron chi connectivity index (χ1n) is 11.2. The fourth-order valence-electron chi connectivity index (χ4n) is 3.71. The first-order valence-corrected chi connectivity index (χ1v) is 11.2. The molecule has 0 radical (unpaired) electrons. The van der Waals surface area contributed by atoms with Crippen molar-refractivity contribution >= 4 is 23.3 Å². The molecule has 0 bridgehead atoms. The summed E-state index contributed by atoms with van der Waals surface area (Å²) in [7, 11) is 0. The molecule has 8 heteroatoms. The van der Waals surface area contributed by atoms with Gasteiger partial charge in [0.05, 0.1) is 10.5 Å². The molecule has 0 saturated heterocycles. The Balaban J connectivity index is 2.48. The van der Waals surface area contributed by atoms with Gasteiger partial charge in [0.1, 0.15) is 19.1 Å². The second kappa shape index (κ2) is 13.6. The van der Waals surface area contributed by atoms with Gasteiger partial charge < -0.3 is 9.47 Å². The normalized spacial score (nSPS) is 18.6. The van der Waals surface area contributed by atoms with E-state index in [1.807, 2.05) is 26.0 Å². The van der Waals surface area contributed by atoms with Crippen LogP contribution >= 0.6 is 0 Å². The van der Waals surface area contributed by atoms with Crippen molar-refractivity contribution in [2.24, 2.45) is 10.9 Å². The van der Waals surface area contributed by atoms with Crippen LogP contribution in [0.15, 0.2) is 89.1 Å². The van der Waals surface area contributed by atoms with E-state index < -0.39 is 28.7 Å². The fourth-order valence-corrected chi connectivity index (χ4v) is 3.71. The molecule has 2 rings (SSSR count). The molecule has 0 aliphatic carbocycles. The highest BCUT2D eigenvalue weighted by atomic mass is 16.6. The zero-order chi connectivity index (χ0) is 25.8. The van der Waals surface area contributed by atoms with Gasteiger partial charge in [-0.1, -0.05) is 48.6 Å². The van der Waals surface area contributed by atoms with E-state index in [9.17, 15) is 19.7 Å². The number of nitro benzene ring substituents is 1. The third-order valence-corrected chi connectivity index (χ3v) is 5.25. The van der Waals surface area contributed by atoms with E-state index in [0.29, 0.717) is 17.0 Å². The number of nitro groups is 1. The third kappa shape index (κ3) is 7.46. The van der Waals surface area contributed by atoms with Crippen molar-refractivity contribution < 1.29 is 24.0 Å². The quantitative estimate of drug-likeness (QED) is 0.193. The Morgan fingerprint density at radius 3 is 2.26 bits per heavy atom. The summed E-state index contributed by atoms with van der Waals surface area (Å²) in [6, 6.07) is 5.89. The monoisotopic (exact) mass is 478 g/mol. The molecule has 8 nitrogen and oxygen atoms in total. The van der Waals surface area contributed by atoms with E-state index in [1.54, 1.807) is 56.4 Å². The molecule has 0 spiro atoms. The summed E-state index contributed by atoms with van der Waals surface area (Å²) in [5, 5.41) is 11.4. The number of ether oxygens (including phenoxy) is 2. The molecule has 0 amide bonds. The van der Waals surface area contributed by atoms with Crippen molar-refractivity contribution in [2.75, 3.05) is 13.2 Å². The number of hydrogen-bond donors (Lipinski definition) is 0. The van der Waals surface area contributed by atoms with Crippen LogP contribution in [0.3, 0.4) is 0 Å². The minimum absolute atomic E-state index is 0.0230. The largest absolute Gasteiger partial charge is 0.461 e. The number of allylic oxidation sites excluding steroid dienone is 7. The van der Waals surface area contributed by atoms with Crippen LogP contribution in [0.4, 0.5) is 5.69 Å². The Hall–Kier alpha value is -4.07. The highest BCUT2D eigenvalue weighted by Gasteiger charge is 2.42. The van der Waals surface area contributed by atoms with Crippen molar-refractivity contribution in [2.45, 2.75) is 33.6 Å². The average Bonchev–Trinajstić information content (AvgIpc) is 2.83. The minimum Gasteiger partial charge on any atom is -0.461 e. The maximum absolute atomic E-state index is 13.2. The smallest absolute Gasteiger partial charge is 0.336 e. The Kier molecular flexibility index (Phi) is 10.6. The number of hydrogen-bond acceptors (Lipinski definition) is 7. The predicted octanol–water partition coefficient (Wildman–Crippen LogP) is 5.39. The van der Waals surface area contributed by atoms with Gasteiger partial charge in [-0.05, 0) is 45.4 Å². The Morgan fingerprint density at radius 1 is 1.03 bits per heavy atom. The fraction of sp³-hybridized carbons (Fsp3) is 0.296. The van der Waals surface area contributed by atoms with Gasteiger partial charge in [0, 0.05) is 29.5 Å². The number of nitrogens with zero attached hydrogens (tertiary/aromatic N) is 2. The van der Waals surface area contributed by atoms with Gasteiger partial charge in [0.2, 0.25) is 0 Å². The molecule has 1 aliphatic rings. The van der Waals surface area contributed by atoms with E-state index in [2.05, 4.69) is 4.99 Å². The van der Waals surface area contributed by atoms with Crippen LogP contribution in [0.5, 0.6) is 0 Å². The molecule has 1 aromatic carbocycles. The zero-order valence-corrected chi connectivity index (χ0v) is 20.3. The van der Waals surface area contributed by atoms with Gasteiger partial charge in [-0.2, -0.15) is 0 Å². The summed E-state index contributed by atoms with van der Waals surface area (Å²) in [5.41, 5.74) is 1.28. The summed E-state index contributed by atoms with van der Waals surface area (Å²) in [4.78, 5) is 41.6. The molecule has 184 valence electrons. The molecule has 2 atom stereocenters. The number of aliphatic imine (C=N–C) groups is 1. The van der Waals surface area contributed by atoms with Crippen LogP contribution in [0, 0.1) is 16.0 Å². The lowest BCUT2D eigenvalue weighted by atomic mass is 9.75. The van der Waals surface area contributed by atoms with Crippen molar-refractivity contribution in [1.29, 1.82) is 0 Å². The molecule has 0 N–H and O–H groups in total. The second-order valence-electron chi connectivity index (χ2n) is 7.70. The highest BCUT2D eigenvalue weighted by Crippen LogP contribution is 2.41. The lowest BCUT2D eigenvalue weighted by Crippen LogP contribution is -2.36. The van der Waals surface area contributed by atoms with E-state index in [4.69, 9.17) is 9.47 Å². The molecule has 0 fully saturated rings. The Bertz CT molecular complexity index is 1120. The number of esters is 2. The van der Waals surface area contributed by atoms with E-state index in [-0.39, 0.29) is 24.5 Å². The third-order valence-electron chi connectivity index (χ3n) is 5.25. The minimum atomic E-state index is -0.947. The first-order chi connectivity index (χ1) is 16.8. The van der Waals surface area contributed by atoms with Crippen molar-refractivity contribution in [3.63, 3.8) is 0 Å². The SMILES string of the molecule is CC=CC=CCOC(=O)C1=C(C)N=C(C)C(C(=O)OCC=CC=CC)C1c1cccc([N+](=O)[O-])c1. The van der Waals surface area contributed by atoms with Gasteiger partial charge in [-0.25, -0.2) is 4.79 Å². The first kappa shape index (κ1) is 27.2. The van der Waals surface area contributed by atoms with Gasteiger partial charge in [0.15, 0.2) is 0 Å². The number of benzene rings is 1. The lowest BCUT2D eigenvalue weighted by Gasteiger charge is -2.31. The van der Waals surface area contributed by atoms with Crippen LogP contribution in [0.1, 0.15) is 39.2 Å². The number of rotatable bonds is 10. The van der Waals surface area contributed by atoms with E-state index >= 15 is 0 Å². The van der Waals surface area contributed by atoms with Gasteiger partial charge in [0.25, 0.3) is 5.69 Å². The van der Waals surface area contributed by atoms with Crippen LogP contribution < -0.4 is 0 Å². The maximum atomic E-state index is 13.2. The summed E-state index contributed by atoms with van der Waals surface area (Å²) in [6.45, 7) is 7.13. The van der Waals surface area contributed by atoms with Crippen LogP contribution in [-0.2, 0) is 19.1 Å². The number of non-ortho nitro benzene ring substituents is 1. The zero-order valence-electron chi connectivity index (χ0n) is 20.3. The van der Waals surface area contributed by atoms with Crippen LogP contribution in [-0.4, -0.2) is 35.8 Å². The summed E-state index contributed by atoms with van der Waals surface area (Å²) in [5.74, 6) is -3.03. The van der Waals surface area contributed by atoms with E-state index in [0.717, 1.165) is 0 Å². The van der Waals surface area contributed by atoms with Gasteiger partial charge >= 0.3 is 11.9 Å². The number of carbonyl (C=O) groups is 2. The molecule has 1 aromatic rings. The molecule has 1 heterocycles. The topological polar surface area (TPSA) is 108 Å². The Labute approximate surface area is 205 Å². The second-order valence-corrected chi connectivity index (χ2v) is 7.70. The molecule has 0 saturated carbocycles. The van der Waals surface area contributed by atoms with Crippen molar-refractivity contribution in [1.82, 2.24) is 0 Å². The molecule has 2 unspecified atom stereocenters. The van der Waals surface area contributed by atoms with Crippen LogP contribution in [0.2, 0.25) is 0 Å². The Morgan fingerprint density at radius 2 is 1.66 bits per heavy atom. The molecular weight excluding hydrogens is 448 g/mol. The lowest BCUT2D eigenvalue weighted by molar-refractivity contribution is -0.384. The predicted molar refractivity (Wildman–Crippen MR) is 135 cm³/mol. The van der Waals surface area contributed by atoms with Crippen LogP contribution in [0.25, 0.3) is 0 Å². The maximum Gasteiger partial charge on any atom is 0.336 e. The molecule has 0 aromatic heterocycles. The number of carbonyl (C=O) groups excluding carboxylic acids is 2. The summed E-state index contributed by atoms with van der Waals surface area (Å²) >= 11 is 0. The summed E-state index contributed by atoms with van der Waals surface area (Å²) < 4.78 is 10.9. The molecular formula is C27H30N2O6. The molecule has 1 aliphatic heterocycles. The van der Waals surface area contributed by atoms with Crippen molar-refractivity contribution in [3.8, 4) is 0 Å². The standard InChI is InChI=1S/C27H30N2O6/c1-5-7-9-11-16-34-26(30)23-19(3)28-20(4)24(27(31)35-17-12-10-8-6-2)25(23)21-14-13-15-22(18-21)29(32)33/h5-15,18,23,25H,16-17H2,1-4H3. The van der Waals surface area contributed by atoms with Crippen molar-refractivity contribution in [3.05, 3.63) is 99.8 Å². The average molecular weight is 479 g/mol. The van der Waals surface area contributed by atoms with Gasteiger partial charge in [-0.15, -0.1) is 0 Å². The van der Waals surface area contributed by atoms with E-state index in [1.165, 1.54) is 18.2 Å².